The van der Waals surface area contributed by atoms with Crippen molar-refractivity contribution in [1.82, 2.24) is 19.9 Å². The fourth-order valence-electron chi connectivity index (χ4n) is 3.51. The SMILES string of the molecule is C[C@@H](Nc1cnc2cc(-c3ccnc4[nH]ccc34)ccc2n1)c1ccccc1. The molecule has 5 nitrogen and oxygen atoms in total. The van der Waals surface area contributed by atoms with E-state index in [0.717, 1.165) is 39.0 Å². The molecule has 28 heavy (non-hydrogen) atoms. The Hall–Kier alpha value is -3.73. The normalized spacial score (nSPS) is 12.3. The van der Waals surface area contributed by atoms with Gasteiger partial charge in [-0.25, -0.2) is 9.97 Å². The van der Waals surface area contributed by atoms with Gasteiger partial charge in [-0.05, 0) is 47.9 Å². The number of rotatable bonds is 4. The van der Waals surface area contributed by atoms with Crippen molar-refractivity contribution in [1.29, 1.82) is 0 Å². The van der Waals surface area contributed by atoms with Gasteiger partial charge < -0.3 is 10.3 Å². The van der Waals surface area contributed by atoms with Crippen LogP contribution in [0.5, 0.6) is 0 Å². The Morgan fingerprint density at radius 1 is 0.929 bits per heavy atom. The Bertz CT molecular complexity index is 1260. The smallest absolute Gasteiger partial charge is 0.145 e. The van der Waals surface area contributed by atoms with Crippen molar-refractivity contribution in [2.24, 2.45) is 0 Å². The molecule has 0 saturated heterocycles. The predicted octanol–water partition coefficient (Wildman–Crippen LogP) is 5.35. The molecule has 5 rings (SSSR count). The second-order valence-corrected chi connectivity index (χ2v) is 6.83. The molecule has 0 aliphatic heterocycles. The lowest BCUT2D eigenvalue weighted by atomic mass is 10.0. The maximum atomic E-state index is 4.74. The van der Waals surface area contributed by atoms with Crippen molar-refractivity contribution < 1.29 is 0 Å². The highest BCUT2D eigenvalue weighted by atomic mass is 15.0. The summed E-state index contributed by atoms with van der Waals surface area (Å²) in [4.78, 5) is 16.9. The lowest BCUT2D eigenvalue weighted by molar-refractivity contribution is 0.874. The third kappa shape index (κ3) is 2.97. The molecule has 3 heterocycles. The van der Waals surface area contributed by atoms with Crippen LogP contribution < -0.4 is 5.32 Å². The zero-order valence-corrected chi connectivity index (χ0v) is 15.4. The van der Waals surface area contributed by atoms with Gasteiger partial charge in [-0.15, -0.1) is 0 Å². The van der Waals surface area contributed by atoms with Gasteiger partial charge in [0.2, 0.25) is 0 Å². The summed E-state index contributed by atoms with van der Waals surface area (Å²) in [5, 5.41) is 4.53. The van der Waals surface area contributed by atoms with E-state index in [2.05, 4.69) is 51.5 Å². The topological polar surface area (TPSA) is 66.5 Å². The molecule has 0 saturated carbocycles. The third-order valence-electron chi connectivity index (χ3n) is 4.98. The summed E-state index contributed by atoms with van der Waals surface area (Å²) in [6.07, 6.45) is 5.53. The van der Waals surface area contributed by atoms with E-state index in [-0.39, 0.29) is 6.04 Å². The van der Waals surface area contributed by atoms with Gasteiger partial charge in [-0.3, -0.25) is 4.98 Å². The van der Waals surface area contributed by atoms with E-state index < -0.39 is 0 Å². The van der Waals surface area contributed by atoms with Gasteiger partial charge in [-0.1, -0.05) is 36.4 Å². The van der Waals surface area contributed by atoms with E-state index in [0.29, 0.717) is 0 Å². The molecule has 1 atom stereocenters. The van der Waals surface area contributed by atoms with Gasteiger partial charge in [-0.2, -0.15) is 0 Å². The van der Waals surface area contributed by atoms with Crippen LogP contribution in [0.4, 0.5) is 5.82 Å². The Balaban J connectivity index is 1.47. The van der Waals surface area contributed by atoms with E-state index in [1.807, 2.05) is 48.8 Å². The van der Waals surface area contributed by atoms with Crippen molar-refractivity contribution in [2.45, 2.75) is 13.0 Å². The molecule has 0 amide bonds. The number of anilines is 1. The average Bonchev–Trinajstić information content (AvgIpc) is 3.23. The van der Waals surface area contributed by atoms with Gasteiger partial charge >= 0.3 is 0 Å². The molecule has 0 fully saturated rings. The number of nitrogens with zero attached hydrogens (tertiary/aromatic N) is 3. The van der Waals surface area contributed by atoms with Crippen molar-refractivity contribution in [3.05, 3.63) is 84.8 Å². The molecule has 0 aliphatic rings. The Morgan fingerprint density at radius 2 is 1.82 bits per heavy atom. The van der Waals surface area contributed by atoms with Crippen LogP contribution in [0, 0.1) is 0 Å². The number of hydrogen-bond donors (Lipinski definition) is 2. The first kappa shape index (κ1) is 16.4. The number of benzene rings is 2. The second kappa shape index (κ2) is 6.78. The molecular formula is C23H19N5. The summed E-state index contributed by atoms with van der Waals surface area (Å²) in [5.41, 5.74) is 6.08. The van der Waals surface area contributed by atoms with Crippen LogP contribution in [0.25, 0.3) is 33.2 Å². The number of pyridine rings is 1. The van der Waals surface area contributed by atoms with E-state index in [9.17, 15) is 0 Å². The summed E-state index contributed by atoms with van der Waals surface area (Å²) in [7, 11) is 0. The summed E-state index contributed by atoms with van der Waals surface area (Å²) < 4.78 is 0. The summed E-state index contributed by atoms with van der Waals surface area (Å²) in [6.45, 7) is 2.12. The number of hydrogen-bond acceptors (Lipinski definition) is 4. The number of aromatic nitrogens is 4. The molecule has 2 N–H and O–H groups in total. The van der Waals surface area contributed by atoms with Crippen LogP contribution in [-0.2, 0) is 0 Å². The van der Waals surface area contributed by atoms with Crippen molar-refractivity contribution in [3.8, 4) is 11.1 Å². The Kier molecular flexibility index (Phi) is 3.98. The first-order chi connectivity index (χ1) is 13.8. The summed E-state index contributed by atoms with van der Waals surface area (Å²) >= 11 is 0. The number of nitrogens with one attached hydrogen (secondary N) is 2. The second-order valence-electron chi connectivity index (χ2n) is 6.83. The Morgan fingerprint density at radius 3 is 2.71 bits per heavy atom. The number of fused-ring (bicyclic) bond motifs is 2. The van der Waals surface area contributed by atoms with Crippen molar-refractivity contribution in [3.63, 3.8) is 0 Å². The maximum Gasteiger partial charge on any atom is 0.145 e. The molecule has 3 aromatic heterocycles. The zero-order chi connectivity index (χ0) is 18.9. The molecule has 0 bridgehead atoms. The molecule has 5 heteroatoms. The summed E-state index contributed by atoms with van der Waals surface area (Å²) in [5.74, 6) is 0.772. The zero-order valence-electron chi connectivity index (χ0n) is 15.4. The van der Waals surface area contributed by atoms with E-state index in [1.54, 1.807) is 6.20 Å². The van der Waals surface area contributed by atoms with Crippen molar-refractivity contribution in [2.75, 3.05) is 5.32 Å². The largest absolute Gasteiger partial charge is 0.362 e. The monoisotopic (exact) mass is 365 g/mol. The van der Waals surface area contributed by atoms with Gasteiger partial charge in [0.25, 0.3) is 0 Å². The van der Waals surface area contributed by atoms with Gasteiger partial charge in [0.1, 0.15) is 11.5 Å². The standard InChI is InChI=1S/C23H19N5/c1-15(16-5-3-2-4-6-16)27-22-14-26-21-13-17(7-8-20(21)28-22)18-9-11-24-23-19(18)10-12-25-23/h2-15H,1H3,(H,24,25)(H,27,28)/t15-/m1/s1. The predicted molar refractivity (Wildman–Crippen MR) is 113 cm³/mol. The van der Waals surface area contributed by atoms with Crippen LogP contribution in [0.3, 0.4) is 0 Å². The average molecular weight is 365 g/mol. The quantitative estimate of drug-likeness (QED) is 0.451. The third-order valence-corrected chi connectivity index (χ3v) is 4.98. The Labute approximate surface area is 162 Å². The van der Waals surface area contributed by atoms with Crippen molar-refractivity contribution >= 4 is 27.9 Å². The molecule has 0 aliphatic carbocycles. The molecule has 136 valence electrons. The lowest BCUT2D eigenvalue weighted by Gasteiger charge is -2.15. The minimum absolute atomic E-state index is 0.158. The molecule has 0 unspecified atom stereocenters. The van der Waals surface area contributed by atoms with E-state index in [1.165, 1.54) is 5.56 Å². The lowest BCUT2D eigenvalue weighted by Crippen LogP contribution is -2.08. The first-order valence-corrected chi connectivity index (χ1v) is 9.29. The molecule has 2 aromatic carbocycles. The fraction of sp³-hybridized carbons (Fsp3) is 0.0870. The van der Waals surface area contributed by atoms with Crippen LogP contribution in [0.15, 0.2) is 79.3 Å². The van der Waals surface area contributed by atoms with Gasteiger partial charge in [0.05, 0.1) is 17.2 Å². The van der Waals surface area contributed by atoms with E-state index >= 15 is 0 Å². The number of aromatic amines is 1. The molecule has 0 radical (unpaired) electrons. The number of H-pyrrole nitrogens is 1. The molecular weight excluding hydrogens is 346 g/mol. The first-order valence-electron chi connectivity index (χ1n) is 9.29. The highest BCUT2D eigenvalue weighted by Gasteiger charge is 2.09. The maximum absolute atomic E-state index is 4.74. The summed E-state index contributed by atoms with van der Waals surface area (Å²) in [6, 6.07) is 20.7. The van der Waals surface area contributed by atoms with Crippen LogP contribution in [0.2, 0.25) is 0 Å². The van der Waals surface area contributed by atoms with E-state index in [4.69, 9.17) is 4.98 Å². The highest BCUT2D eigenvalue weighted by molar-refractivity contribution is 5.95. The van der Waals surface area contributed by atoms with Crippen LogP contribution >= 0.6 is 0 Å². The molecule has 5 aromatic rings. The van der Waals surface area contributed by atoms with Crippen LogP contribution in [-0.4, -0.2) is 19.9 Å². The fourth-order valence-corrected chi connectivity index (χ4v) is 3.51. The highest BCUT2D eigenvalue weighted by Crippen LogP contribution is 2.29. The van der Waals surface area contributed by atoms with Gasteiger partial charge in [0.15, 0.2) is 0 Å². The minimum atomic E-state index is 0.158. The molecule has 0 spiro atoms. The van der Waals surface area contributed by atoms with Crippen LogP contribution in [0.1, 0.15) is 18.5 Å². The minimum Gasteiger partial charge on any atom is -0.362 e. The van der Waals surface area contributed by atoms with Gasteiger partial charge in [0, 0.05) is 23.8 Å².